The lowest BCUT2D eigenvalue weighted by Gasteiger charge is -2.15. The molecule has 2 rings (SSSR count). The molecule has 7 heteroatoms. The lowest BCUT2D eigenvalue weighted by atomic mass is 10.1. The van der Waals surface area contributed by atoms with E-state index in [-0.39, 0.29) is 0 Å². The first-order valence-electron chi connectivity index (χ1n) is 6.29. The van der Waals surface area contributed by atoms with Crippen LogP contribution in [0.1, 0.15) is 22.2 Å². The molecule has 0 aliphatic carbocycles. The second-order valence-corrected chi connectivity index (χ2v) is 5.31. The Balaban J connectivity index is 1.96. The zero-order chi connectivity index (χ0) is 15.2. The second-order valence-electron chi connectivity index (χ2n) is 4.37. The largest absolute Gasteiger partial charge is 0.479 e. The van der Waals surface area contributed by atoms with Crippen LogP contribution in [0, 0.1) is 6.92 Å². The standard InChI is InChI=1S/C14H15N3O3S/c1-9-11(21-8-16-9)7-15-14(20)17-12(13(18)19)10-5-3-2-4-6-10/h2-6,8,12H,7H2,1H3,(H,18,19)(H2,15,17,20)/t12-/m0/s1. The van der Waals surface area contributed by atoms with Gasteiger partial charge in [-0.25, -0.2) is 14.6 Å². The number of amides is 2. The molecular formula is C14H15N3O3S. The number of aliphatic carboxylic acids is 1. The van der Waals surface area contributed by atoms with Crippen LogP contribution in [0.25, 0.3) is 0 Å². The Morgan fingerprint density at radius 1 is 1.33 bits per heavy atom. The molecule has 0 saturated carbocycles. The van der Waals surface area contributed by atoms with E-state index >= 15 is 0 Å². The summed E-state index contributed by atoms with van der Waals surface area (Å²) in [4.78, 5) is 28.1. The number of carboxylic acid groups (broad SMARTS) is 1. The summed E-state index contributed by atoms with van der Waals surface area (Å²) in [5.41, 5.74) is 3.08. The monoisotopic (exact) mass is 305 g/mol. The van der Waals surface area contributed by atoms with Crippen LogP contribution in [0.15, 0.2) is 35.8 Å². The van der Waals surface area contributed by atoms with E-state index in [4.69, 9.17) is 0 Å². The van der Waals surface area contributed by atoms with Crippen molar-refractivity contribution in [2.24, 2.45) is 0 Å². The summed E-state index contributed by atoms with van der Waals surface area (Å²) >= 11 is 1.44. The van der Waals surface area contributed by atoms with Crippen molar-refractivity contribution >= 4 is 23.3 Å². The molecule has 1 atom stereocenters. The molecule has 0 spiro atoms. The molecule has 0 bridgehead atoms. The maximum atomic E-state index is 11.8. The van der Waals surface area contributed by atoms with Crippen LogP contribution < -0.4 is 10.6 Å². The van der Waals surface area contributed by atoms with Gasteiger partial charge < -0.3 is 15.7 Å². The number of rotatable bonds is 5. The number of benzene rings is 1. The summed E-state index contributed by atoms with van der Waals surface area (Å²) in [6.07, 6.45) is 0. The van der Waals surface area contributed by atoms with Crippen LogP contribution in [-0.2, 0) is 11.3 Å². The average molecular weight is 305 g/mol. The third-order valence-corrected chi connectivity index (χ3v) is 3.84. The van der Waals surface area contributed by atoms with Gasteiger partial charge >= 0.3 is 12.0 Å². The van der Waals surface area contributed by atoms with Crippen molar-refractivity contribution in [2.75, 3.05) is 0 Å². The fourth-order valence-electron chi connectivity index (χ4n) is 1.77. The predicted octanol–water partition coefficient (Wildman–Crippen LogP) is 2.08. The van der Waals surface area contributed by atoms with Crippen LogP contribution >= 0.6 is 11.3 Å². The maximum absolute atomic E-state index is 11.8. The molecule has 0 aliphatic heterocycles. The Morgan fingerprint density at radius 3 is 2.62 bits per heavy atom. The summed E-state index contributed by atoms with van der Waals surface area (Å²) in [7, 11) is 0. The molecule has 6 nitrogen and oxygen atoms in total. The van der Waals surface area contributed by atoms with Crippen molar-refractivity contribution in [1.82, 2.24) is 15.6 Å². The second kappa shape index (κ2) is 6.85. The molecule has 1 heterocycles. The molecule has 0 radical (unpaired) electrons. The molecule has 0 unspecified atom stereocenters. The van der Waals surface area contributed by atoms with Gasteiger partial charge in [0.15, 0.2) is 6.04 Å². The molecule has 21 heavy (non-hydrogen) atoms. The molecule has 0 aliphatic rings. The van der Waals surface area contributed by atoms with E-state index in [1.807, 2.05) is 6.92 Å². The fraction of sp³-hybridized carbons (Fsp3) is 0.214. The molecule has 2 aromatic rings. The van der Waals surface area contributed by atoms with Gasteiger partial charge in [-0.05, 0) is 12.5 Å². The molecular weight excluding hydrogens is 290 g/mol. The third-order valence-electron chi connectivity index (χ3n) is 2.91. The number of hydrogen-bond acceptors (Lipinski definition) is 4. The summed E-state index contributed by atoms with van der Waals surface area (Å²) in [5.74, 6) is -1.11. The van der Waals surface area contributed by atoms with Gasteiger partial charge in [-0.3, -0.25) is 0 Å². The van der Waals surface area contributed by atoms with E-state index in [0.29, 0.717) is 12.1 Å². The molecule has 2 amide bonds. The number of hydrogen-bond donors (Lipinski definition) is 3. The number of carbonyl (C=O) groups excluding carboxylic acids is 1. The number of nitrogens with zero attached hydrogens (tertiary/aromatic N) is 1. The van der Waals surface area contributed by atoms with Crippen molar-refractivity contribution in [3.05, 3.63) is 52.0 Å². The minimum absolute atomic E-state index is 0.323. The van der Waals surface area contributed by atoms with E-state index in [0.717, 1.165) is 10.6 Å². The Labute approximate surface area is 125 Å². The number of aryl methyl sites for hydroxylation is 1. The van der Waals surface area contributed by atoms with Crippen molar-refractivity contribution in [2.45, 2.75) is 19.5 Å². The zero-order valence-corrected chi connectivity index (χ0v) is 12.2. The SMILES string of the molecule is Cc1ncsc1CNC(=O)N[C@H](C(=O)O)c1ccccc1. The molecule has 0 saturated heterocycles. The van der Waals surface area contributed by atoms with E-state index < -0.39 is 18.0 Å². The normalized spacial score (nSPS) is 11.7. The number of aromatic nitrogens is 1. The first-order chi connectivity index (χ1) is 10.1. The summed E-state index contributed by atoms with van der Waals surface area (Å²) in [6, 6.07) is 6.96. The highest BCUT2D eigenvalue weighted by Crippen LogP contribution is 2.13. The highest BCUT2D eigenvalue weighted by molar-refractivity contribution is 7.09. The minimum Gasteiger partial charge on any atom is -0.479 e. The van der Waals surface area contributed by atoms with Crippen LogP contribution in [0.2, 0.25) is 0 Å². The van der Waals surface area contributed by atoms with Gasteiger partial charge in [-0.1, -0.05) is 30.3 Å². The van der Waals surface area contributed by atoms with Crippen LogP contribution in [0.3, 0.4) is 0 Å². The number of urea groups is 1. The van der Waals surface area contributed by atoms with E-state index in [9.17, 15) is 14.7 Å². The first-order valence-corrected chi connectivity index (χ1v) is 7.17. The third kappa shape index (κ3) is 4.03. The minimum atomic E-state index is -1.11. The average Bonchev–Trinajstić information content (AvgIpc) is 2.88. The van der Waals surface area contributed by atoms with Crippen LogP contribution in [-0.4, -0.2) is 22.1 Å². The lowest BCUT2D eigenvalue weighted by molar-refractivity contribution is -0.139. The highest BCUT2D eigenvalue weighted by Gasteiger charge is 2.21. The Kier molecular flexibility index (Phi) is 4.89. The van der Waals surface area contributed by atoms with Crippen molar-refractivity contribution in [3.8, 4) is 0 Å². The fourth-order valence-corrected chi connectivity index (χ4v) is 2.49. The smallest absolute Gasteiger partial charge is 0.330 e. The van der Waals surface area contributed by atoms with Crippen LogP contribution in [0.5, 0.6) is 0 Å². The highest BCUT2D eigenvalue weighted by atomic mass is 32.1. The summed E-state index contributed by atoms with van der Waals surface area (Å²) < 4.78 is 0. The topological polar surface area (TPSA) is 91.3 Å². The van der Waals surface area contributed by atoms with Gasteiger partial charge in [0, 0.05) is 4.88 Å². The number of carboxylic acids is 1. The van der Waals surface area contributed by atoms with Crippen molar-refractivity contribution < 1.29 is 14.7 Å². The van der Waals surface area contributed by atoms with Gasteiger partial charge in [0.05, 0.1) is 17.7 Å². The maximum Gasteiger partial charge on any atom is 0.330 e. The Bertz CT molecular complexity index is 627. The van der Waals surface area contributed by atoms with E-state index in [2.05, 4.69) is 15.6 Å². The Morgan fingerprint density at radius 2 is 2.05 bits per heavy atom. The van der Waals surface area contributed by atoms with Gasteiger partial charge in [-0.15, -0.1) is 11.3 Å². The van der Waals surface area contributed by atoms with Crippen molar-refractivity contribution in [3.63, 3.8) is 0 Å². The molecule has 0 fully saturated rings. The number of carbonyl (C=O) groups is 2. The summed E-state index contributed by atoms with van der Waals surface area (Å²) in [5, 5.41) is 14.3. The first kappa shape index (κ1) is 15.0. The van der Waals surface area contributed by atoms with E-state index in [1.54, 1.807) is 35.8 Å². The van der Waals surface area contributed by atoms with Crippen molar-refractivity contribution in [1.29, 1.82) is 0 Å². The number of thiazole rings is 1. The van der Waals surface area contributed by atoms with Gasteiger partial charge in [0.2, 0.25) is 0 Å². The van der Waals surface area contributed by atoms with E-state index in [1.165, 1.54) is 11.3 Å². The summed E-state index contributed by atoms with van der Waals surface area (Å²) in [6.45, 7) is 2.18. The zero-order valence-electron chi connectivity index (χ0n) is 11.4. The Hall–Kier alpha value is -2.41. The van der Waals surface area contributed by atoms with Crippen LogP contribution in [0.4, 0.5) is 4.79 Å². The predicted molar refractivity (Wildman–Crippen MR) is 79.0 cm³/mol. The van der Waals surface area contributed by atoms with Gasteiger partial charge in [-0.2, -0.15) is 0 Å². The quantitative estimate of drug-likeness (QED) is 0.788. The molecule has 1 aromatic carbocycles. The van der Waals surface area contributed by atoms with Gasteiger partial charge in [0.1, 0.15) is 0 Å². The lowest BCUT2D eigenvalue weighted by Crippen LogP contribution is -2.40. The molecule has 1 aromatic heterocycles. The van der Waals surface area contributed by atoms with Gasteiger partial charge in [0.25, 0.3) is 0 Å². The molecule has 110 valence electrons. The number of nitrogens with one attached hydrogen (secondary N) is 2. The molecule has 3 N–H and O–H groups in total.